The molecule has 1 fully saturated rings. The molecule has 3 rings (SSSR count). The molecular weight excluding hydrogens is 455 g/mol. The quantitative estimate of drug-likeness (QED) is 0.491. The number of benzene rings is 2. The van der Waals surface area contributed by atoms with Gasteiger partial charge >= 0.3 is 0 Å². The maximum atomic E-state index is 12.7. The Kier molecular flexibility index (Phi) is 6.69. The van der Waals surface area contributed by atoms with Gasteiger partial charge in [0.2, 0.25) is 0 Å². The lowest BCUT2D eigenvalue weighted by atomic mass is 10.2. The first kappa shape index (κ1) is 21.4. The summed E-state index contributed by atoms with van der Waals surface area (Å²) in [7, 11) is 0. The van der Waals surface area contributed by atoms with E-state index in [1.807, 2.05) is 0 Å². The van der Waals surface area contributed by atoms with E-state index in [2.05, 4.69) is 5.43 Å². The summed E-state index contributed by atoms with van der Waals surface area (Å²) in [5.41, 5.74) is 3.26. The van der Waals surface area contributed by atoms with E-state index in [0.29, 0.717) is 27.8 Å². The molecule has 1 heterocycles. The maximum Gasteiger partial charge on any atom is 0.285 e. The van der Waals surface area contributed by atoms with E-state index >= 15 is 0 Å². The van der Waals surface area contributed by atoms with E-state index in [4.69, 9.17) is 40.2 Å². The van der Waals surface area contributed by atoms with Crippen LogP contribution in [0.4, 0.5) is 0 Å². The Hall–Kier alpha value is -2.26. The first-order valence-corrected chi connectivity index (χ1v) is 10.3. The zero-order valence-corrected chi connectivity index (χ0v) is 18.1. The zero-order chi connectivity index (χ0) is 21.1. The number of aromatic hydroxyl groups is 1. The number of amides is 2. The number of thioether (sulfide) groups is 1. The van der Waals surface area contributed by atoms with Gasteiger partial charge in [0, 0.05) is 5.02 Å². The number of rotatable bonds is 5. The number of carbonyl (C=O) groups is 2. The topological polar surface area (TPSA) is 78.9 Å². The summed E-state index contributed by atoms with van der Waals surface area (Å²) >= 11 is 18.1. The normalized spacial score (nSPS) is 15.1. The Morgan fingerprint density at radius 2 is 2.07 bits per heavy atom. The van der Waals surface area contributed by atoms with Crippen molar-refractivity contribution in [3.8, 4) is 11.5 Å². The predicted octanol–water partition coefficient (Wildman–Crippen LogP) is 4.64. The highest BCUT2D eigenvalue weighted by molar-refractivity contribution is 8.26. The minimum Gasteiger partial charge on any atom is -0.504 e. The second kappa shape index (κ2) is 9.04. The molecule has 2 aromatic rings. The number of thiocarbonyl (C=S) groups is 1. The SMILES string of the molecule is CCOc1cc(/C=C2\SC(=S)N(NC(=O)c3ccc(Cl)cc3Cl)C2=O)ccc1O. The molecule has 10 heteroatoms. The molecule has 2 amide bonds. The molecule has 1 aliphatic rings. The number of hydrogen-bond acceptors (Lipinski definition) is 6. The van der Waals surface area contributed by atoms with Gasteiger partial charge in [-0.05, 0) is 61.1 Å². The summed E-state index contributed by atoms with van der Waals surface area (Å²) in [4.78, 5) is 25.5. The maximum absolute atomic E-state index is 12.7. The summed E-state index contributed by atoms with van der Waals surface area (Å²) in [5, 5.41) is 11.3. The molecule has 0 unspecified atom stereocenters. The molecule has 0 spiro atoms. The van der Waals surface area contributed by atoms with Crippen LogP contribution >= 0.6 is 47.2 Å². The molecule has 6 nitrogen and oxygen atoms in total. The Balaban J connectivity index is 1.80. The summed E-state index contributed by atoms with van der Waals surface area (Å²) in [5.74, 6) is -0.761. The molecule has 0 aromatic heterocycles. The average molecular weight is 469 g/mol. The first-order chi connectivity index (χ1) is 13.8. The van der Waals surface area contributed by atoms with Crippen LogP contribution in [-0.4, -0.2) is 32.9 Å². The van der Waals surface area contributed by atoms with Gasteiger partial charge in [-0.3, -0.25) is 15.0 Å². The third-order valence-electron chi connectivity index (χ3n) is 3.76. The van der Waals surface area contributed by atoms with Crippen molar-refractivity contribution >= 4 is 69.4 Å². The minimum atomic E-state index is -0.590. The lowest BCUT2D eigenvalue weighted by Gasteiger charge is -2.16. The smallest absolute Gasteiger partial charge is 0.285 e. The van der Waals surface area contributed by atoms with E-state index in [1.165, 1.54) is 24.3 Å². The molecule has 1 aliphatic heterocycles. The molecule has 0 saturated carbocycles. The lowest BCUT2D eigenvalue weighted by Crippen LogP contribution is -2.44. The predicted molar refractivity (Wildman–Crippen MR) is 118 cm³/mol. The number of phenols is 1. The number of halogens is 2. The van der Waals surface area contributed by atoms with Crippen molar-refractivity contribution in [1.82, 2.24) is 10.4 Å². The number of nitrogens with one attached hydrogen (secondary N) is 1. The number of hydrogen-bond donors (Lipinski definition) is 2. The second-order valence-corrected chi connectivity index (χ2v) is 8.26. The molecule has 150 valence electrons. The van der Waals surface area contributed by atoms with Gasteiger partial charge in [-0.2, -0.15) is 5.01 Å². The van der Waals surface area contributed by atoms with Crippen LogP contribution < -0.4 is 10.2 Å². The van der Waals surface area contributed by atoms with Gasteiger partial charge in [-0.15, -0.1) is 0 Å². The van der Waals surface area contributed by atoms with Crippen molar-refractivity contribution in [3.05, 3.63) is 62.5 Å². The van der Waals surface area contributed by atoms with E-state index in [0.717, 1.165) is 16.8 Å². The molecule has 0 radical (unpaired) electrons. The monoisotopic (exact) mass is 468 g/mol. The number of carbonyl (C=O) groups excluding carboxylic acids is 2. The number of ether oxygens (including phenoxy) is 1. The van der Waals surface area contributed by atoms with E-state index in [1.54, 1.807) is 25.1 Å². The standard InChI is InChI=1S/C19H14Cl2N2O4S2/c1-2-27-15-7-10(3-6-14(15)24)8-16-18(26)23(19(28)29-16)22-17(25)12-5-4-11(20)9-13(12)21/h3-9,24H,2H2,1H3,(H,22,25)/b16-8-. The van der Waals surface area contributed by atoms with Crippen LogP contribution in [0, 0.1) is 0 Å². The van der Waals surface area contributed by atoms with E-state index in [-0.39, 0.29) is 20.7 Å². The number of nitrogens with zero attached hydrogens (tertiary/aromatic N) is 1. The van der Waals surface area contributed by atoms with E-state index < -0.39 is 11.8 Å². The molecular formula is C19H14Cl2N2O4S2. The average Bonchev–Trinajstić information content (AvgIpc) is 2.92. The molecule has 0 atom stereocenters. The van der Waals surface area contributed by atoms with Crippen LogP contribution in [0.2, 0.25) is 10.0 Å². The fourth-order valence-corrected chi connectivity index (χ4v) is 4.12. The van der Waals surface area contributed by atoms with Crippen LogP contribution in [0.1, 0.15) is 22.8 Å². The molecule has 0 aliphatic carbocycles. The summed E-state index contributed by atoms with van der Waals surface area (Å²) in [6.07, 6.45) is 1.60. The van der Waals surface area contributed by atoms with Gasteiger partial charge in [0.25, 0.3) is 11.8 Å². The third-order valence-corrected chi connectivity index (χ3v) is 5.61. The van der Waals surface area contributed by atoms with Crippen molar-refractivity contribution in [1.29, 1.82) is 0 Å². The Bertz CT molecular complexity index is 1040. The van der Waals surface area contributed by atoms with Gasteiger partial charge in [0.05, 0.1) is 22.1 Å². The fraction of sp³-hybridized carbons (Fsp3) is 0.105. The van der Waals surface area contributed by atoms with Crippen molar-refractivity contribution in [3.63, 3.8) is 0 Å². The summed E-state index contributed by atoms with van der Waals surface area (Å²) < 4.78 is 5.52. The van der Waals surface area contributed by atoms with Gasteiger partial charge in [-0.25, -0.2) is 0 Å². The van der Waals surface area contributed by atoms with Crippen LogP contribution in [0.5, 0.6) is 11.5 Å². The summed E-state index contributed by atoms with van der Waals surface area (Å²) in [6.45, 7) is 2.19. The van der Waals surface area contributed by atoms with Crippen LogP contribution in [0.15, 0.2) is 41.3 Å². The highest BCUT2D eigenvalue weighted by atomic mass is 35.5. The molecule has 29 heavy (non-hydrogen) atoms. The van der Waals surface area contributed by atoms with E-state index in [9.17, 15) is 14.7 Å². The van der Waals surface area contributed by atoms with Crippen molar-refractivity contribution in [2.75, 3.05) is 6.61 Å². The number of phenolic OH excluding ortho intramolecular Hbond substituents is 1. The Labute approximate surface area is 186 Å². The molecule has 0 bridgehead atoms. The third kappa shape index (κ3) is 4.84. The van der Waals surface area contributed by atoms with Crippen molar-refractivity contribution in [2.24, 2.45) is 0 Å². The molecule has 2 aromatic carbocycles. The second-order valence-electron chi connectivity index (χ2n) is 5.74. The highest BCUT2D eigenvalue weighted by Gasteiger charge is 2.34. The number of hydrazine groups is 1. The van der Waals surface area contributed by atoms with Crippen molar-refractivity contribution in [2.45, 2.75) is 6.92 Å². The Morgan fingerprint density at radius 3 is 2.76 bits per heavy atom. The summed E-state index contributed by atoms with van der Waals surface area (Å²) in [6, 6.07) is 9.13. The van der Waals surface area contributed by atoms with Gasteiger partial charge < -0.3 is 9.84 Å². The van der Waals surface area contributed by atoms with Crippen LogP contribution in [-0.2, 0) is 4.79 Å². The zero-order valence-electron chi connectivity index (χ0n) is 14.9. The van der Waals surface area contributed by atoms with Gasteiger partial charge in [-0.1, -0.05) is 41.0 Å². The largest absolute Gasteiger partial charge is 0.504 e. The van der Waals surface area contributed by atoms with Crippen LogP contribution in [0.25, 0.3) is 6.08 Å². The van der Waals surface area contributed by atoms with Gasteiger partial charge in [0.1, 0.15) is 0 Å². The lowest BCUT2D eigenvalue weighted by molar-refractivity contribution is -0.123. The highest BCUT2D eigenvalue weighted by Crippen LogP contribution is 2.34. The minimum absolute atomic E-state index is 0.00338. The first-order valence-electron chi connectivity index (χ1n) is 8.30. The Morgan fingerprint density at radius 1 is 1.31 bits per heavy atom. The van der Waals surface area contributed by atoms with Crippen molar-refractivity contribution < 1.29 is 19.4 Å². The molecule has 1 saturated heterocycles. The van der Waals surface area contributed by atoms with Gasteiger partial charge in [0.15, 0.2) is 15.8 Å². The van der Waals surface area contributed by atoms with Crippen LogP contribution in [0.3, 0.4) is 0 Å². The molecule has 2 N–H and O–H groups in total. The fourth-order valence-electron chi connectivity index (χ4n) is 2.44.